The second-order valence-electron chi connectivity index (χ2n) is 8.78. The van der Waals surface area contributed by atoms with Crippen LogP contribution in [0.4, 0.5) is 0 Å². The van der Waals surface area contributed by atoms with Gasteiger partial charge in [0.15, 0.2) is 0 Å². The molecule has 0 saturated heterocycles. The van der Waals surface area contributed by atoms with Gasteiger partial charge in [-0.1, -0.05) is 55.4 Å². The van der Waals surface area contributed by atoms with Crippen molar-refractivity contribution in [3.8, 4) is 0 Å². The van der Waals surface area contributed by atoms with Gasteiger partial charge in [0.2, 0.25) is 0 Å². The van der Waals surface area contributed by atoms with Crippen molar-refractivity contribution in [1.82, 2.24) is 0 Å². The van der Waals surface area contributed by atoms with Gasteiger partial charge in [0.05, 0.1) is 13.2 Å². The Kier molecular flexibility index (Phi) is 11.7. The third kappa shape index (κ3) is 16.0. The summed E-state index contributed by atoms with van der Waals surface area (Å²) in [6, 6.07) is 0. The third-order valence-corrected chi connectivity index (χ3v) is 3.89. The van der Waals surface area contributed by atoms with Crippen LogP contribution in [0.1, 0.15) is 68.2 Å². The second kappa shape index (κ2) is 10.2. The number of rotatable bonds is 8. The van der Waals surface area contributed by atoms with E-state index in [1.807, 2.05) is 13.8 Å². The molecule has 0 aliphatic rings. The molecule has 128 valence electrons. The van der Waals surface area contributed by atoms with Crippen molar-refractivity contribution < 1.29 is 48.1 Å². The molecule has 0 fully saturated rings. The Balaban J connectivity index is 0. The molecule has 0 heterocycles. The fourth-order valence-corrected chi connectivity index (χ4v) is 3.63. The zero-order chi connectivity index (χ0) is 16.9. The van der Waals surface area contributed by atoms with Crippen LogP contribution in [0.25, 0.3) is 0 Å². The van der Waals surface area contributed by atoms with Gasteiger partial charge in [0.25, 0.3) is 7.82 Å². The summed E-state index contributed by atoms with van der Waals surface area (Å²) in [5.74, 6) is 0.366. The van der Waals surface area contributed by atoms with Crippen molar-refractivity contribution in [2.24, 2.45) is 22.7 Å². The molecule has 0 radical (unpaired) electrons. The topological polar surface area (TPSA) is 58.6 Å². The van der Waals surface area contributed by atoms with Crippen LogP contribution in [-0.4, -0.2) is 13.2 Å². The molecule has 0 spiro atoms. The van der Waals surface area contributed by atoms with Gasteiger partial charge in [-0.3, -0.25) is 4.57 Å². The first-order valence-electron chi connectivity index (χ1n) is 7.80. The Hall–Kier alpha value is 1.11. The molecule has 2 unspecified atom stereocenters. The van der Waals surface area contributed by atoms with Gasteiger partial charge in [0, 0.05) is 0 Å². The van der Waals surface area contributed by atoms with E-state index in [0.29, 0.717) is 0 Å². The fourth-order valence-electron chi connectivity index (χ4n) is 2.68. The summed E-state index contributed by atoms with van der Waals surface area (Å²) in [5.41, 5.74) is 0.329. The van der Waals surface area contributed by atoms with Crippen molar-refractivity contribution in [2.75, 3.05) is 13.2 Å². The first-order valence-corrected chi connectivity index (χ1v) is 9.26. The molecule has 0 aliphatic heterocycles. The minimum atomic E-state index is -4.18. The fraction of sp³-hybridized carbons (Fsp3) is 1.00. The monoisotopic (exact) mass is 344 g/mol. The van der Waals surface area contributed by atoms with Gasteiger partial charge in [-0.15, -0.1) is 0 Å². The van der Waals surface area contributed by atoms with E-state index in [-0.39, 0.29) is 65.4 Å². The van der Waals surface area contributed by atoms with Crippen LogP contribution in [0.15, 0.2) is 0 Å². The molecule has 2 atom stereocenters. The molecule has 0 rings (SSSR count). The van der Waals surface area contributed by atoms with Gasteiger partial charge in [0.1, 0.15) is 0 Å². The van der Waals surface area contributed by atoms with Gasteiger partial charge in [-0.2, -0.15) is 0 Å². The van der Waals surface area contributed by atoms with E-state index in [1.165, 1.54) is 0 Å². The minimum absolute atomic E-state index is 0. The molecule has 0 amide bonds. The van der Waals surface area contributed by atoms with Gasteiger partial charge < -0.3 is 13.9 Å². The summed E-state index contributed by atoms with van der Waals surface area (Å²) in [4.78, 5) is 11.8. The van der Waals surface area contributed by atoms with E-state index < -0.39 is 7.82 Å². The molecule has 0 bridgehead atoms. The predicted molar refractivity (Wildman–Crippen MR) is 86.0 cm³/mol. The van der Waals surface area contributed by atoms with Crippen molar-refractivity contribution >= 4 is 7.82 Å². The third-order valence-electron chi connectivity index (χ3n) is 2.96. The quantitative estimate of drug-likeness (QED) is 0.496. The summed E-state index contributed by atoms with van der Waals surface area (Å²) in [5, 5.41) is 0. The normalized spacial score (nSPS) is 18.2. The molecule has 4 nitrogen and oxygen atoms in total. The average Bonchev–Trinajstić information content (AvgIpc) is 2.19. The SMILES string of the molecule is CC(COP(=O)([O-])OCC(C)CC(C)(C)C)CC(C)(C)C.[Na+]. The Labute approximate surface area is 159 Å². The molecule has 6 heteroatoms. The van der Waals surface area contributed by atoms with E-state index in [4.69, 9.17) is 9.05 Å². The zero-order valence-electron chi connectivity index (χ0n) is 16.1. The Morgan fingerprint density at radius 1 is 0.864 bits per heavy atom. The number of phosphoric acid groups is 1. The van der Waals surface area contributed by atoms with E-state index >= 15 is 0 Å². The first-order chi connectivity index (χ1) is 9.20. The molecule has 22 heavy (non-hydrogen) atoms. The summed E-state index contributed by atoms with van der Waals surface area (Å²) in [6.07, 6.45) is 1.82. The van der Waals surface area contributed by atoms with Crippen LogP contribution in [0.3, 0.4) is 0 Å². The minimum Gasteiger partial charge on any atom is -0.756 e. The molecule has 0 aliphatic carbocycles. The Morgan fingerprint density at radius 3 is 1.36 bits per heavy atom. The molecular weight excluding hydrogens is 310 g/mol. The van der Waals surface area contributed by atoms with Crippen LogP contribution in [0, 0.1) is 22.7 Å². The molecular formula is C16H34NaO4P. The van der Waals surface area contributed by atoms with Crippen LogP contribution >= 0.6 is 7.82 Å². The van der Waals surface area contributed by atoms with Gasteiger partial charge in [-0.25, -0.2) is 0 Å². The summed E-state index contributed by atoms with van der Waals surface area (Å²) >= 11 is 0. The maximum atomic E-state index is 11.8. The molecule has 0 N–H and O–H groups in total. The standard InChI is InChI=1S/C16H35O4P.Na/c1-13(9-15(3,4)5)11-19-21(17,18)20-12-14(2)10-16(6,7)8;/h13-14H,9-12H2,1-8H3,(H,17,18);/q;+1/p-1. The van der Waals surface area contributed by atoms with Crippen molar-refractivity contribution in [2.45, 2.75) is 68.2 Å². The van der Waals surface area contributed by atoms with Crippen molar-refractivity contribution in [3.05, 3.63) is 0 Å². The maximum absolute atomic E-state index is 11.8. The van der Waals surface area contributed by atoms with Crippen LogP contribution < -0.4 is 34.5 Å². The summed E-state index contributed by atoms with van der Waals surface area (Å²) < 4.78 is 21.7. The number of phosphoric ester groups is 1. The predicted octanol–water partition coefficient (Wildman–Crippen LogP) is 1.64. The van der Waals surface area contributed by atoms with Crippen LogP contribution in [0.2, 0.25) is 0 Å². The maximum Gasteiger partial charge on any atom is 1.00 e. The summed E-state index contributed by atoms with van der Waals surface area (Å²) in [7, 11) is -4.18. The van der Waals surface area contributed by atoms with Gasteiger partial charge in [-0.05, 0) is 35.5 Å². The van der Waals surface area contributed by atoms with E-state index in [1.54, 1.807) is 0 Å². The Bertz CT molecular complexity index is 317. The van der Waals surface area contributed by atoms with Crippen LogP contribution in [0.5, 0.6) is 0 Å². The second-order valence-corrected chi connectivity index (χ2v) is 10.2. The molecule has 0 aromatic rings. The van der Waals surface area contributed by atoms with Gasteiger partial charge >= 0.3 is 29.6 Å². The zero-order valence-corrected chi connectivity index (χ0v) is 19.0. The number of hydrogen-bond donors (Lipinski definition) is 0. The van der Waals surface area contributed by atoms with Crippen LogP contribution in [-0.2, 0) is 13.6 Å². The van der Waals surface area contributed by atoms with E-state index in [0.717, 1.165) is 12.8 Å². The van der Waals surface area contributed by atoms with E-state index in [9.17, 15) is 9.46 Å². The molecule has 0 saturated carbocycles. The molecule has 0 aromatic carbocycles. The Morgan fingerprint density at radius 2 is 1.14 bits per heavy atom. The van der Waals surface area contributed by atoms with E-state index in [2.05, 4.69) is 41.5 Å². The smallest absolute Gasteiger partial charge is 0.756 e. The summed E-state index contributed by atoms with van der Waals surface area (Å²) in [6.45, 7) is 17.1. The largest absolute Gasteiger partial charge is 1.00 e. The molecule has 0 aromatic heterocycles. The number of hydrogen-bond acceptors (Lipinski definition) is 4. The first kappa shape index (κ1) is 25.4. The average molecular weight is 344 g/mol. The van der Waals surface area contributed by atoms with Crippen molar-refractivity contribution in [1.29, 1.82) is 0 Å². The van der Waals surface area contributed by atoms with Crippen molar-refractivity contribution in [3.63, 3.8) is 0 Å².